The lowest BCUT2D eigenvalue weighted by atomic mass is 10.1. The van der Waals surface area contributed by atoms with Crippen LogP contribution in [0.2, 0.25) is 0 Å². The van der Waals surface area contributed by atoms with Crippen LogP contribution in [-0.4, -0.2) is 77.7 Å². The van der Waals surface area contributed by atoms with Crippen LogP contribution in [0, 0.1) is 5.82 Å². The highest BCUT2D eigenvalue weighted by atomic mass is 19.4. The minimum atomic E-state index is -4.40. The van der Waals surface area contributed by atoms with Crippen LogP contribution in [0.5, 0.6) is 0 Å². The number of amides is 3. The first-order valence-electron chi connectivity index (χ1n) is 13.3. The summed E-state index contributed by atoms with van der Waals surface area (Å²) >= 11 is 0. The number of likely N-dealkylation sites (N-methyl/N-ethyl adjacent to an activating group) is 1. The number of carbonyl (C=O) groups excluding carboxylic acids is 3. The Balaban J connectivity index is 1.79. The Hall–Kier alpha value is -4.62. The molecule has 0 bridgehead atoms. The second-order valence-electron chi connectivity index (χ2n) is 10.3. The predicted molar refractivity (Wildman–Crippen MR) is 152 cm³/mol. The molecular formula is C29H33F4N5O5. The standard InChI is InChI=1S/C29H33F4N5O5/c1-36(2)24(39)10-6-5-9-23(43-28(42)37(3)4)26(40)35-22-8-7-13-38(27(22)41)17-21-16-19-15-20(30)14-18(25(19)34-21)11-12-29(31,32)33/h6-8,10,13-16,23,34H,5,9,11-12,17H2,1-4H3,(H,35,40)/b10-6+. The SMILES string of the molecule is CN(C)C(=O)/C=C/CCC(OC(=O)N(C)C)C(=O)Nc1cccn(Cc2cc3cc(F)cc(CCC(F)(F)F)c3[nH]2)c1=O. The average Bonchev–Trinajstić information content (AvgIpc) is 3.32. The number of alkyl halides is 3. The Labute approximate surface area is 244 Å². The molecule has 2 aromatic heterocycles. The third kappa shape index (κ3) is 9.45. The Morgan fingerprint density at radius 2 is 1.84 bits per heavy atom. The summed E-state index contributed by atoms with van der Waals surface area (Å²) in [6, 6.07) is 6.65. The third-order valence-corrected chi connectivity index (χ3v) is 6.32. The van der Waals surface area contributed by atoms with Gasteiger partial charge in [-0.3, -0.25) is 14.4 Å². The molecule has 0 aliphatic carbocycles. The third-order valence-electron chi connectivity index (χ3n) is 6.32. The van der Waals surface area contributed by atoms with Crippen LogP contribution in [-0.2, 0) is 27.3 Å². The molecule has 3 rings (SSSR count). The summed E-state index contributed by atoms with van der Waals surface area (Å²) in [6.07, 6.45) is -3.40. The van der Waals surface area contributed by atoms with Crippen molar-refractivity contribution in [2.45, 2.75) is 44.5 Å². The molecule has 0 fully saturated rings. The van der Waals surface area contributed by atoms with E-state index in [1.807, 2.05) is 0 Å². The van der Waals surface area contributed by atoms with E-state index >= 15 is 0 Å². The maximum absolute atomic E-state index is 14.1. The minimum Gasteiger partial charge on any atom is -0.436 e. The number of hydrogen-bond acceptors (Lipinski definition) is 5. The number of carbonyl (C=O) groups is 3. The van der Waals surface area contributed by atoms with Gasteiger partial charge in [-0.15, -0.1) is 0 Å². The molecule has 0 saturated heterocycles. The summed E-state index contributed by atoms with van der Waals surface area (Å²) in [5.74, 6) is -1.69. The van der Waals surface area contributed by atoms with Gasteiger partial charge in [-0.05, 0) is 61.2 Å². The van der Waals surface area contributed by atoms with Crippen molar-refractivity contribution in [3.8, 4) is 0 Å². The van der Waals surface area contributed by atoms with E-state index in [1.165, 1.54) is 54.0 Å². The van der Waals surface area contributed by atoms with Crippen molar-refractivity contribution in [3.05, 3.63) is 76.1 Å². The second-order valence-corrected chi connectivity index (χ2v) is 10.3. The van der Waals surface area contributed by atoms with Crippen LogP contribution in [0.1, 0.15) is 30.5 Å². The van der Waals surface area contributed by atoms with E-state index in [9.17, 15) is 36.7 Å². The molecule has 0 radical (unpaired) electrons. The first-order valence-corrected chi connectivity index (χ1v) is 13.3. The molecule has 2 N–H and O–H groups in total. The number of aromatic nitrogens is 2. The fraction of sp³-hybridized carbons (Fsp3) is 0.379. The van der Waals surface area contributed by atoms with Gasteiger partial charge in [0.1, 0.15) is 11.5 Å². The zero-order valence-corrected chi connectivity index (χ0v) is 24.1. The number of allylic oxidation sites excluding steroid dienone is 1. The summed E-state index contributed by atoms with van der Waals surface area (Å²) in [6.45, 7) is -0.0543. The maximum atomic E-state index is 14.1. The normalized spacial score (nSPS) is 12.4. The average molecular weight is 608 g/mol. The van der Waals surface area contributed by atoms with Gasteiger partial charge < -0.3 is 29.4 Å². The Morgan fingerprint density at radius 3 is 2.49 bits per heavy atom. The number of ether oxygens (including phenoxy) is 1. The van der Waals surface area contributed by atoms with Gasteiger partial charge in [-0.1, -0.05) is 6.08 Å². The molecule has 2 heterocycles. The Kier molecular flexibility index (Phi) is 10.7. The number of benzene rings is 1. The molecule has 0 aliphatic heterocycles. The number of anilines is 1. The number of hydrogen-bond donors (Lipinski definition) is 2. The zero-order valence-electron chi connectivity index (χ0n) is 24.1. The summed E-state index contributed by atoms with van der Waals surface area (Å²) in [5.41, 5.74) is 0.212. The molecule has 1 aromatic carbocycles. The van der Waals surface area contributed by atoms with Crippen molar-refractivity contribution >= 4 is 34.5 Å². The van der Waals surface area contributed by atoms with Crippen LogP contribution in [0.3, 0.4) is 0 Å². The van der Waals surface area contributed by atoms with Gasteiger partial charge in [-0.25, -0.2) is 9.18 Å². The number of pyridine rings is 1. The van der Waals surface area contributed by atoms with Crippen molar-refractivity contribution in [1.29, 1.82) is 0 Å². The molecule has 1 unspecified atom stereocenters. The molecular weight excluding hydrogens is 574 g/mol. The number of aromatic amines is 1. The number of fused-ring (bicyclic) bond motifs is 1. The monoisotopic (exact) mass is 607 g/mol. The van der Waals surface area contributed by atoms with Crippen LogP contribution in [0.4, 0.5) is 28.0 Å². The van der Waals surface area contributed by atoms with Gasteiger partial charge in [0.05, 0.1) is 6.54 Å². The molecule has 14 heteroatoms. The molecule has 3 amide bonds. The fourth-order valence-electron chi connectivity index (χ4n) is 4.10. The highest BCUT2D eigenvalue weighted by Crippen LogP contribution is 2.27. The fourth-order valence-corrected chi connectivity index (χ4v) is 4.10. The number of nitrogens with one attached hydrogen (secondary N) is 2. The molecule has 10 nitrogen and oxygen atoms in total. The smallest absolute Gasteiger partial charge is 0.410 e. The topological polar surface area (TPSA) is 117 Å². The second kappa shape index (κ2) is 14.0. The summed E-state index contributed by atoms with van der Waals surface area (Å²) < 4.78 is 59.0. The van der Waals surface area contributed by atoms with E-state index in [4.69, 9.17) is 4.74 Å². The van der Waals surface area contributed by atoms with Crippen molar-refractivity contribution in [1.82, 2.24) is 19.4 Å². The zero-order chi connectivity index (χ0) is 31.9. The van der Waals surface area contributed by atoms with E-state index in [1.54, 1.807) is 26.2 Å². The quantitative estimate of drug-likeness (QED) is 0.247. The van der Waals surface area contributed by atoms with Crippen LogP contribution < -0.4 is 10.9 Å². The number of halogens is 4. The van der Waals surface area contributed by atoms with Gasteiger partial charge >= 0.3 is 12.3 Å². The van der Waals surface area contributed by atoms with Crippen LogP contribution in [0.25, 0.3) is 10.9 Å². The van der Waals surface area contributed by atoms with Gasteiger partial charge in [-0.2, -0.15) is 13.2 Å². The largest absolute Gasteiger partial charge is 0.436 e. The maximum Gasteiger partial charge on any atom is 0.410 e. The van der Waals surface area contributed by atoms with E-state index in [0.717, 1.165) is 11.0 Å². The number of rotatable bonds is 11. The first-order chi connectivity index (χ1) is 20.1. The molecule has 0 saturated carbocycles. The van der Waals surface area contributed by atoms with Crippen molar-refractivity contribution in [3.63, 3.8) is 0 Å². The minimum absolute atomic E-state index is 0.0337. The summed E-state index contributed by atoms with van der Waals surface area (Å²) in [7, 11) is 6.06. The molecule has 1 atom stereocenters. The van der Waals surface area contributed by atoms with Gasteiger partial charge in [0.2, 0.25) is 5.91 Å². The Morgan fingerprint density at radius 1 is 1.12 bits per heavy atom. The molecule has 3 aromatic rings. The van der Waals surface area contributed by atoms with Gasteiger partial charge in [0.15, 0.2) is 6.10 Å². The van der Waals surface area contributed by atoms with E-state index < -0.39 is 48.5 Å². The summed E-state index contributed by atoms with van der Waals surface area (Å²) in [4.78, 5) is 55.7. The predicted octanol–water partition coefficient (Wildman–Crippen LogP) is 4.44. The highest BCUT2D eigenvalue weighted by molar-refractivity contribution is 5.95. The molecule has 0 aliphatic rings. The molecule has 232 valence electrons. The van der Waals surface area contributed by atoms with Crippen molar-refractivity contribution in [2.75, 3.05) is 33.5 Å². The lowest BCUT2D eigenvalue weighted by molar-refractivity contribution is -0.134. The van der Waals surface area contributed by atoms with E-state index in [2.05, 4.69) is 10.3 Å². The molecule has 0 spiro atoms. The lowest BCUT2D eigenvalue weighted by Crippen LogP contribution is -2.37. The lowest BCUT2D eigenvalue weighted by Gasteiger charge is -2.19. The van der Waals surface area contributed by atoms with Gasteiger partial charge in [0, 0.05) is 57.4 Å². The Bertz CT molecular complexity index is 1560. The molecule has 43 heavy (non-hydrogen) atoms. The summed E-state index contributed by atoms with van der Waals surface area (Å²) in [5, 5.41) is 2.85. The van der Waals surface area contributed by atoms with Crippen molar-refractivity contribution in [2.24, 2.45) is 0 Å². The van der Waals surface area contributed by atoms with Crippen LogP contribution in [0.15, 0.2) is 53.5 Å². The van der Waals surface area contributed by atoms with Gasteiger partial charge in [0.25, 0.3) is 11.5 Å². The number of aryl methyl sites for hydroxylation is 1. The van der Waals surface area contributed by atoms with E-state index in [-0.39, 0.29) is 36.5 Å². The van der Waals surface area contributed by atoms with E-state index in [0.29, 0.717) is 16.6 Å². The van der Waals surface area contributed by atoms with Crippen LogP contribution >= 0.6 is 0 Å². The van der Waals surface area contributed by atoms with Crippen molar-refractivity contribution < 1.29 is 36.7 Å². The number of H-pyrrole nitrogens is 1. The highest BCUT2D eigenvalue weighted by Gasteiger charge is 2.27. The number of nitrogens with zero attached hydrogens (tertiary/aromatic N) is 3. The first kappa shape index (κ1) is 32.9.